The van der Waals surface area contributed by atoms with Crippen LogP contribution >= 0.6 is 0 Å². The number of fused-ring (bicyclic) bond motifs is 1. The number of benzene rings is 3. The lowest BCUT2D eigenvalue weighted by molar-refractivity contribution is -0.123. The molecule has 1 saturated heterocycles. The third-order valence-electron chi connectivity index (χ3n) is 5.67. The molecule has 1 heterocycles. The minimum absolute atomic E-state index is 0.00761. The summed E-state index contributed by atoms with van der Waals surface area (Å²) in [5, 5.41) is 5.31. The van der Waals surface area contributed by atoms with Gasteiger partial charge in [0, 0.05) is 6.54 Å². The van der Waals surface area contributed by atoms with Crippen LogP contribution in [0.25, 0.3) is 10.8 Å². The fourth-order valence-electron chi connectivity index (χ4n) is 4.00. The number of nitrogens with one attached hydrogen (secondary N) is 1. The largest absolute Gasteiger partial charge is 0.497 e. The fourth-order valence-corrected chi connectivity index (χ4v) is 4.00. The lowest BCUT2D eigenvalue weighted by Crippen LogP contribution is -2.38. The van der Waals surface area contributed by atoms with Crippen molar-refractivity contribution in [3.63, 3.8) is 0 Å². The summed E-state index contributed by atoms with van der Waals surface area (Å²) in [5.41, 5.74) is 1.19. The van der Waals surface area contributed by atoms with Crippen LogP contribution in [0.4, 0.5) is 0 Å². The van der Waals surface area contributed by atoms with Gasteiger partial charge in [0.1, 0.15) is 11.5 Å². The van der Waals surface area contributed by atoms with Gasteiger partial charge in [-0.15, -0.1) is 0 Å². The quantitative estimate of drug-likeness (QED) is 0.612. The molecule has 1 aliphatic rings. The second-order valence-electron chi connectivity index (χ2n) is 7.63. The standard InChI is InChI=1S/C25H28N2O3/c1-29-22-11-9-20(10-12-22)24(27-14-4-5-15-27)17-26-25(28)18-30-23-13-8-19-6-2-3-7-21(19)16-23/h2-3,6-13,16,24H,4-5,14-15,17-18H2,1H3,(H,26,28). The van der Waals surface area contributed by atoms with Gasteiger partial charge in [-0.05, 0) is 66.5 Å². The molecule has 1 N–H and O–H groups in total. The highest BCUT2D eigenvalue weighted by Gasteiger charge is 2.24. The number of likely N-dealkylation sites (tertiary alicyclic amines) is 1. The third kappa shape index (κ3) is 4.92. The van der Waals surface area contributed by atoms with Gasteiger partial charge in [-0.3, -0.25) is 9.69 Å². The fraction of sp³-hybridized carbons (Fsp3) is 0.320. The van der Waals surface area contributed by atoms with E-state index in [1.54, 1.807) is 7.11 Å². The molecule has 156 valence electrons. The van der Waals surface area contributed by atoms with Gasteiger partial charge in [-0.2, -0.15) is 0 Å². The number of carbonyl (C=O) groups is 1. The highest BCUT2D eigenvalue weighted by atomic mass is 16.5. The molecule has 1 unspecified atom stereocenters. The van der Waals surface area contributed by atoms with E-state index in [2.05, 4.69) is 28.4 Å². The molecule has 4 rings (SSSR count). The third-order valence-corrected chi connectivity index (χ3v) is 5.67. The molecular formula is C25H28N2O3. The van der Waals surface area contributed by atoms with Gasteiger partial charge < -0.3 is 14.8 Å². The van der Waals surface area contributed by atoms with E-state index in [1.165, 1.54) is 18.4 Å². The maximum absolute atomic E-state index is 12.5. The van der Waals surface area contributed by atoms with Crippen molar-refractivity contribution in [1.82, 2.24) is 10.2 Å². The number of amides is 1. The number of ether oxygens (including phenoxy) is 2. The maximum Gasteiger partial charge on any atom is 0.258 e. The summed E-state index contributed by atoms with van der Waals surface area (Å²) in [6, 6.07) is 22.3. The number of rotatable bonds is 8. The average Bonchev–Trinajstić information content (AvgIpc) is 3.33. The van der Waals surface area contributed by atoms with Gasteiger partial charge in [-0.1, -0.05) is 42.5 Å². The summed E-state index contributed by atoms with van der Waals surface area (Å²) in [6.45, 7) is 2.68. The molecule has 1 aliphatic heterocycles. The van der Waals surface area contributed by atoms with Crippen LogP contribution in [0.3, 0.4) is 0 Å². The molecule has 5 heteroatoms. The Morgan fingerprint density at radius 2 is 1.67 bits per heavy atom. The zero-order valence-corrected chi connectivity index (χ0v) is 17.3. The lowest BCUT2D eigenvalue weighted by atomic mass is 10.1. The zero-order chi connectivity index (χ0) is 20.8. The van der Waals surface area contributed by atoms with Crippen molar-refractivity contribution in [1.29, 1.82) is 0 Å². The Balaban J connectivity index is 1.35. The minimum Gasteiger partial charge on any atom is -0.497 e. The van der Waals surface area contributed by atoms with E-state index < -0.39 is 0 Å². The summed E-state index contributed by atoms with van der Waals surface area (Å²) < 4.78 is 11.0. The Morgan fingerprint density at radius 1 is 0.967 bits per heavy atom. The van der Waals surface area contributed by atoms with E-state index >= 15 is 0 Å². The molecule has 1 fully saturated rings. The van der Waals surface area contributed by atoms with Crippen molar-refractivity contribution in [3.8, 4) is 11.5 Å². The smallest absolute Gasteiger partial charge is 0.258 e. The molecule has 0 aromatic heterocycles. The Labute approximate surface area is 177 Å². The second kappa shape index (κ2) is 9.63. The van der Waals surface area contributed by atoms with Crippen LogP contribution in [-0.2, 0) is 4.79 Å². The molecule has 30 heavy (non-hydrogen) atoms. The van der Waals surface area contributed by atoms with E-state index in [4.69, 9.17) is 9.47 Å². The monoisotopic (exact) mass is 404 g/mol. The lowest BCUT2D eigenvalue weighted by Gasteiger charge is -2.28. The summed E-state index contributed by atoms with van der Waals surface area (Å²) in [5.74, 6) is 1.43. The summed E-state index contributed by atoms with van der Waals surface area (Å²) >= 11 is 0. The number of carbonyl (C=O) groups excluding carboxylic acids is 1. The van der Waals surface area contributed by atoms with E-state index in [0.29, 0.717) is 12.3 Å². The zero-order valence-electron chi connectivity index (χ0n) is 17.3. The van der Waals surface area contributed by atoms with Crippen LogP contribution in [0.2, 0.25) is 0 Å². The topological polar surface area (TPSA) is 50.8 Å². The molecule has 3 aromatic carbocycles. The predicted molar refractivity (Wildman–Crippen MR) is 119 cm³/mol. The van der Waals surface area contributed by atoms with Crippen molar-refractivity contribution in [3.05, 3.63) is 72.3 Å². The first-order chi connectivity index (χ1) is 14.7. The SMILES string of the molecule is COc1ccc(C(CNC(=O)COc2ccc3ccccc3c2)N2CCCC2)cc1. The van der Waals surface area contributed by atoms with Crippen molar-refractivity contribution < 1.29 is 14.3 Å². The van der Waals surface area contributed by atoms with Crippen LogP contribution in [0.5, 0.6) is 11.5 Å². The van der Waals surface area contributed by atoms with E-state index in [1.807, 2.05) is 48.5 Å². The van der Waals surface area contributed by atoms with Crippen LogP contribution in [0.15, 0.2) is 66.7 Å². The van der Waals surface area contributed by atoms with Crippen LogP contribution in [0, 0.1) is 0 Å². The summed E-state index contributed by atoms with van der Waals surface area (Å²) in [6.07, 6.45) is 2.40. The van der Waals surface area contributed by atoms with Gasteiger partial charge in [0.15, 0.2) is 6.61 Å². The van der Waals surface area contributed by atoms with Crippen LogP contribution < -0.4 is 14.8 Å². The first-order valence-corrected chi connectivity index (χ1v) is 10.5. The number of hydrogen-bond acceptors (Lipinski definition) is 4. The Kier molecular flexibility index (Phi) is 6.50. The molecule has 0 radical (unpaired) electrons. The summed E-state index contributed by atoms with van der Waals surface area (Å²) in [4.78, 5) is 14.9. The second-order valence-corrected chi connectivity index (χ2v) is 7.63. The maximum atomic E-state index is 12.5. The highest BCUT2D eigenvalue weighted by Crippen LogP contribution is 2.26. The first kappa shape index (κ1) is 20.2. The Morgan fingerprint density at radius 3 is 2.40 bits per heavy atom. The van der Waals surface area contributed by atoms with Crippen molar-refractivity contribution in [2.75, 3.05) is 33.4 Å². The van der Waals surface area contributed by atoms with Gasteiger partial charge in [0.05, 0.1) is 13.2 Å². The normalized spacial score (nSPS) is 15.1. The molecule has 0 saturated carbocycles. The molecule has 3 aromatic rings. The molecule has 1 atom stereocenters. The molecular weight excluding hydrogens is 376 g/mol. The Hall–Kier alpha value is -3.05. The summed E-state index contributed by atoms with van der Waals surface area (Å²) in [7, 11) is 1.67. The molecule has 1 amide bonds. The average molecular weight is 405 g/mol. The van der Waals surface area contributed by atoms with Crippen molar-refractivity contribution >= 4 is 16.7 Å². The van der Waals surface area contributed by atoms with E-state index in [9.17, 15) is 4.79 Å². The first-order valence-electron chi connectivity index (χ1n) is 10.5. The van der Waals surface area contributed by atoms with Gasteiger partial charge >= 0.3 is 0 Å². The number of nitrogens with zero attached hydrogens (tertiary/aromatic N) is 1. The molecule has 0 aliphatic carbocycles. The minimum atomic E-state index is -0.110. The highest BCUT2D eigenvalue weighted by molar-refractivity contribution is 5.84. The van der Waals surface area contributed by atoms with Crippen LogP contribution in [0.1, 0.15) is 24.4 Å². The molecule has 5 nitrogen and oxygen atoms in total. The van der Waals surface area contributed by atoms with Crippen molar-refractivity contribution in [2.24, 2.45) is 0 Å². The van der Waals surface area contributed by atoms with Crippen molar-refractivity contribution in [2.45, 2.75) is 18.9 Å². The number of methoxy groups -OCH3 is 1. The number of hydrogen-bond donors (Lipinski definition) is 1. The van der Waals surface area contributed by atoms with E-state index in [-0.39, 0.29) is 18.6 Å². The van der Waals surface area contributed by atoms with Crippen LogP contribution in [-0.4, -0.2) is 44.2 Å². The van der Waals surface area contributed by atoms with Gasteiger partial charge in [-0.25, -0.2) is 0 Å². The van der Waals surface area contributed by atoms with Gasteiger partial charge in [0.25, 0.3) is 5.91 Å². The Bertz CT molecular complexity index is 981. The van der Waals surface area contributed by atoms with E-state index in [0.717, 1.165) is 29.6 Å². The molecule has 0 spiro atoms. The molecule has 0 bridgehead atoms. The predicted octanol–water partition coefficient (Wildman–Crippen LogP) is 4.18. The van der Waals surface area contributed by atoms with Gasteiger partial charge in [0.2, 0.25) is 0 Å².